The van der Waals surface area contributed by atoms with E-state index in [9.17, 15) is 9.18 Å². The highest BCUT2D eigenvalue weighted by Gasteiger charge is 2.15. The van der Waals surface area contributed by atoms with Crippen LogP contribution in [-0.2, 0) is 4.79 Å². The van der Waals surface area contributed by atoms with Crippen LogP contribution >= 0.6 is 24.0 Å². The molecule has 1 atom stereocenters. The maximum atomic E-state index is 12.8. The molecule has 118 valence electrons. The number of hydrogen-bond acceptors (Lipinski definition) is 3. The van der Waals surface area contributed by atoms with Gasteiger partial charge in [-0.2, -0.15) is 0 Å². The van der Waals surface area contributed by atoms with E-state index in [1.165, 1.54) is 18.2 Å². The van der Waals surface area contributed by atoms with Crippen LogP contribution in [0.25, 0.3) is 0 Å². The SMILES string of the molecule is Cl.O=C(CCOc1ccc(F)cc1Cl)N[C@H]1CCCNC1. The van der Waals surface area contributed by atoms with E-state index in [0.29, 0.717) is 5.75 Å². The number of nitrogens with one attached hydrogen (secondary N) is 2. The van der Waals surface area contributed by atoms with Crippen molar-refractivity contribution in [3.63, 3.8) is 0 Å². The molecule has 1 saturated heterocycles. The molecule has 1 aliphatic heterocycles. The molecule has 1 amide bonds. The van der Waals surface area contributed by atoms with Gasteiger partial charge in [0.25, 0.3) is 0 Å². The van der Waals surface area contributed by atoms with Gasteiger partial charge in [-0.05, 0) is 37.6 Å². The Bertz CT molecular complexity index is 468. The zero-order valence-corrected chi connectivity index (χ0v) is 13.1. The van der Waals surface area contributed by atoms with Crippen LogP contribution in [0.3, 0.4) is 0 Å². The Hall–Kier alpha value is -1.04. The predicted molar refractivity (Wildman–Crippen MR) is 82.8 cm³/mol. The van der Waals surface area contributed by atoms with Gasteiger partial charge in [-0.3, -0.25) is 4.79 Å². The second-order valence-electron chi connectivity index (χ2n) is 4.78. The molecule has 7 heteroatoms. The van der Waals surface area contributed by atoms with Gasteiger partial charge >= 0.3 is 0 Å². The van der Waals surface area contributed by atoms with Crippen LogP contribution in [-0.4, -0.2) is 31.6 Å². The Kier molecular flexibility index (Phi) is 7.78. The van der Waals surface area contributed by atoms with E-state index in [1.54, 1.807) is 0 Å². The number of ether oxygens (including phenoxy) is 1. The molecular formula is C14H19Cl2FN2O2. The maximum absolute atomic E-state index is 12.8. The van der Waals surface area contributed by atoms with Crippen molar-refractivity contribution in [2.75, 3.05) is 19.7 Å². The topological polar surface area (TPSA) is 50.4 Å². The van der Waals surface area contributed by atoms with Gasteiger partial charge in [0.15, 0.2) is 0 Å². The van der Waals surface area contributed by atoms with Gasteiger partial charge in [-0.1, -0.05) is 11.6 Å². The largest absolute Gasteiger partial charge is 0.491 e. The van der Waals surface area contributed by atoms with Gasteiger partial charge in [0.2, 0.25) is 5.91 Å². The molecule has 1 aliphatic rings. The Morgan fingerprint density at radius 1 is 1.52 bits per heavy atom. The molecule has 0 aliphatic carbocycles. The molecule has 1 heterocycles. The number of hydrogen-bond donors (Lipinski definition) is 2. The molecule has 0 spiro atoms. The van der Waals surface area contributed by atoms with Crippen LogP contribution in [0.15, 0.2) is 18.2 Å². The average Bonchev–Trinajstić information content (AvgIpc) is 2.42. The lowest BCUT2D eigenvalue weighted by Crippen LogP contribution is -2.45. The summed E-state index contributed by atoms with van der Waals surface area (Å²) in [4.78, 5) is 11.7. The summed E-state index contributed by atoms with van der Waals surface area (Å²) in [5.74, 6) is -0.0676. The molecular weight excluding hydrogens is 318 g/mol. The molecule has 0 unspecified atom stereocenters. The first-order chi connectivity index (χ1) is 9.65. The quantitative estimate of drug-likeness (QED) is 0.868. The van der Waals surface area contributed by atoms with Crippen LogP contribution in [0.5, 0.6) is 5.75 Å². The van der Waals surface area contributed by atoms with Crippen molar-refractivity contribution in [2.45, 2.75) is 25.3 Å². The standard InChI is InChI=1S/C14H18ClFN2O2.ClH/c15-12-8-10(16)3-4-13(12)20-7-5-14(19)18-11-2-1-6-17-9-11;/h3-4,8,11,17H,1-2,5-7,9H2,(H,18,19);1H/t11-;/m0./s1. The Balaban J connectivity index is 0.00000220. The van der Waals surface area contributed by atoms with Crippen LogP contribution < -0.4 is 15.4 Å². The third kappa shape index (κ3) is 6.08. The number of rotatable bonds is 5. The number of piperidine rings is 1. The molecule has 2 rings (SSSR count). The summed E-state index contributed by atoms with van der Waals surface area (Å²) in [6, 6.07) is 4.12. The van der Waals surface area contributed by atoms with Crippen LogP contribution in [0.2, 0.25) is 5.02 Å². The van der Waals surface area contributed by atoms with Crippen molar-refractivity contribution >= 4 is 29.9 Å². The van der Waals surface area contributed by atoms with E-state index in [4.69, 9.17) is 16.3 Å². The molecule has 0 aromatic heterocycles. The van der Waals surface area contributed by atoms with Crippen molar-refractivity contribution in [3.8, 4) is 5.75 Å². The van der Waals surface area contributed by atoms with Crippen molar-refractivity contribution in [1.82, 2.24) is 10.6 Å². The van der Waals surface area contributed by atoms with E-state index < -0.39 is 5.82 Å². The second-order valence-corrected chi connectivity index (χ2v) is 5.19. The highest BCUT2D eigenvalue weighted by molar-refractivity contribution is 6.32. The van der Waals surface area contributed by atoms with Crippen LogP contribution in [0.1, 0.15) is 19.3 Å². The third-order valence-corrected chi connectivity index (χ3v) is 3.44. The summed E-state index contributed by atoms with van der Waals surface area (Å²) < 4.78 is 18.2. The lowest BCUT2D eigenvalue weighted by molar-refractivity contribution is -0.122. The summed E-state index contributed by atoms with van der Waals surface area (Å²) in [6.07, 6.45) is 2.33. The summed E-state index contributed by atoms with van der Waals surface area (Å²) in [7, 11) is 0. The van der Waals surface area contributed by atoms with Crippen molar-refractivity contribution in [3.05, 3.63) is 29.0 Å². The fraction of sp³-hybridized carbons (Fsp3) is 0.500. The first-order valence-electron chi connectivity index (χ1n) is 6.73. The molecule has 4 nitrogen and oxygen atoms in total. The van der Waals surface area contributed by atoms with Gasteiger partial charge in [-0.15, -0.1) is 12.4 Å². The van der Waals surface area contributed by atoms with Gasteiger partial charge in [-0.25, -0.2) is 4.39 Å². The average molecular weight is 337 g/mol. The second kappa shape index (κ2) is 9.07. The first-order valence-corrected chi connectivity index (χ1v) is 7.11. The lowest BCUT2D eigenvalue weighted by Gasteiger charge is -2.23. The maximum Gasteiger partial charge on any atom is 0.223 e. The third-order valence-electron chi connectivity index (χ3n) is 3.14. The highest BCUT2D eigenvalue weighted by Crippen LogP contribution is 2.24. The van der Waals surface area contributed by atoms with Crippen molar-refractivity contribution in [1.29, 1.82) is 0 Å². The lowest BCUT2D eigenvalue weighted by atomic mass is 10.1. The zero-order valence-electron chi connectivity index (χ0n) is 11.5. The van der Waals surface area contributed by atoms with Crippen molar-refractivity contribution < 1.29 is 13.9 Å². The van der Waals surface area contributed by atoms with Gasteiger partial charge in [0.05, 0.1) is 18.1 Å². The highest BCUT2D eigenvalue weighted by atomic mass is 35.5. The number of carbonyl (C=O) groups excluding carboxylic acids is 1. The molecule has 2 N–H and O–H groups in total. The molecule has 1 fully saturated rings. The number of benzene rings is 1. The minimum atomic E-state index is -0.412. The summed E-state index contributed by atoms with van der Waals surface area (Å²) in [5.41, 5.74) is 0. The fourth-order valence-electron chi connectivity index (χ4n) is 2.12. The zero-order chi connectivity index (χ0) is 14.4. The van der Waals surface area contributed by atoms with E-state index in [-0.39, 0.29) is 42.4 Å². The molecule has 0 bridgehead atoms. The number of carbonyl (C=O) groups is 1. The van der Waals surface area contributed by atoms with Gasteiger partial charge in [0, 0.05) is 12.6 Å². The summed E-state index contributed by atoms with van der Waals surface area (Å²) in [5, 5.41) is 6.40. The summed E-state index contributed by atoms with van der Waals surface area (Å²) in [6.45, 7) is 2.05. The number of halogens is 3. The van der Waals surface area contributed by atoms with E-state index in [2.05, 4.69) is 10.6 Å². The first kappa shape index (κ1) is 18.0. The van der Waals surface area contributed by atoms with Crippen LogP contribution in [0, 0.1) is 5.82 Å². The number of amides is 1. The fourth-order valence-corrected chi connectivity index (χ4v) is 2.34. The minimum absolute atomic E-state index is 0. The molecule has 0 radical (unpaired) electrons. The van der Waals surface area contributed by atoms with E-state index in [1.807, 2.05) is 0 Å². The van der Waals surface area contributed by atoms with Gasteiger partial charge in [0.1, 0.15) is 11.6 Å². The summed E-state index contributed by atoms with van der Waals surface area (Å²) >= 11 is 5.83. The Morgan fingerprint density at radius 3 is 3.00 bits per heavy atom. The van der Waals surface area contributed by atoms with E-state index >= 15 is 0 Å². The van der Waals surface area contributed by atoms with E-state index in [0.717, 1.165) is 25.9 Å². The monoisotopic (exact) mass is 336 g/mol. The molecule has 0 saturated carbocycles. The van der Waals surface area contributed by atoms with Crippen molar-refractivity contribution in [2.24, 2.45) is 0 Å². The predicted octanol–water partition coefficient (Wildman–Crippen LogP) is 2.54. The Labute approximate surface area is 134 Å². The molecule has 1 aromatic carbocycles. The Morgan fingerprint density at radius 2 is 2.33 bits per heavy atom. The minimum Gasteiger partial charge on any atom is -0.491 e. The normalized spacial score (nSPS) is 17.7. The van der Waals surface area contributed by atoms with Crippen LogP contribution in [0.4, 0.5) is 4.39 Å². The smallest absolute Gasteiger partial charge is 0.223 e. The molecule has 1 aromatic rings. The molecule has 21 heavy (non-hydrogen) atoms. The van der Waals surface area contributed by atoms with Gasteiger partial charge < -0.3 is 15.4 Å².